The summed E-state index contributed by atoms with van der Waals surface area (Å²) in [5, 5.41) is 0. The molecular weight excluding hydrogens is 244 g/mol. The number of rotatable bonds is 4. The van der Waals surface area contributed by atoms with Crippen molar-refractivity contribution in [2.75, 3.05) is 20.2 Å². The van der Waals surface area contributed by atoms with Crippen molar-refractivity contribution in [2.24, 2.45) is 5.92 Å². The maximum atomic E-state index is 12.0. The number of carbonyl (C=O) groups is 2. The van der Waals surface area contributed by atoms with Gasteiger partial charge in [0.25, 0.3) is 0 Å². The molecule has 19 heavy (non-hydrogen) atoms. The molecule has 0 aliphatic carbocycles. The minimum absolute atomic E-state index is 0.0806. The van der Waals surface area contributed by atoms with Gasteiger partial charge in [-0.1, -0.05) is 6.07 Å². The zero-order chi connectivity index (χ0) is 13.7. The van der Waals surface area contributed by atoms with E-state index in [0.717, 1.165) is 5.69 Å². The first-order chi connectivity index (χ1) is 9.20. The van der Waals surface area contributed by atoms with Crippen molar-refractivity contribution in [3.63, 3.8) is 0 Å². The molecule has 1 aromatic heterocycles. The molecule has 1 aromatic rings. The SMILES string of the molecule is COC(=O)C1CCN(C(=O)CCc2ccccn2)C1. The number of aryl methyl sites for hydroxylation is 1. The van der Waals surface area contributed by atoms with E-state index in [1.165, 1.54) is 7.11 Å². The highest BCUT2D eigenvalue weighted by molar-refractivity contribution is 5.79. The Kier molecular flexibility index (Phi) is 4.49. The van der Waals surface area contributed by atoms with E-state index in [2.05, 4.69) is 4.98 Å². The van der Waals surface area contributed by atoms with Gasteiger partial charge >= 0.3 is 5.97 Å². The van der Waals surface area contributed by atoms with E-state index >= 15 is 0 Å². The van der Waals surface area contributed by atoms with E-state index in [-0.39, 0.29) is 17.8 Å². The third-order valence-electron chi connectivity index (χ3n) is 3.40. The molecule has 2 rings (SSSR count). The number of hydrogen-bond donors (Lipinski definition) is 0. The summed E-state index contributed by atoms with van der Waals surface area (Å²) in [6.45, 7) is 1.12. The molecule has 1 amide bonds. The molecule has 0 bridgehead atoms. The van der Waals surface area contributed by atoms with Gasteiger partial charge < -0.3 is 9.64 Å². The van der Waals surface area contributed by atoms with Gasteiger partial charge in [0.05, 0.1) is 13.0 Å². The fraction of sp³-hybridized carbons (Fsp3) is 0.500. The molecule has 1 atom stereocenters. The molecule has 1 fully saturated rings. The normalized spacial score (nSPS) is 18.4. The standard InChI is InChI=1S/C14H18N2O3/c1-19-14(18)11-7-9-16(10-11)13(17)6-5-12-4-2-3-8-15-12/h2-4,8,11H,5-7,9-10H2,1H3. The van der Waals surface area contributed by atoms with Crippen molar-refractivity contribution >= 4 is 11.9 Å². The highest BCUT2D eigenvalue weighted by Crippen LogP contribution is 2.18. The predicted molar refractivity (Wildman–Crippen MR) is 69.3 cm³/mol. The molecule has 5 heteroatoms. The fourth-order valence-corrected chi connectivity index (χ4v) is 2.28. The molecule has 0 saturated carbocycles. The summed E-state index contributed by atoms with van der Waals surface area (Å²) < 4.78 is 4.70. The zero-order valence-corrected chi connectivity index (χ0v) is 11.0. The summed E-state index contributed by atoms with van der Waals surface area (Å²) in [5.74, 6) is -0.305. The van der Waals surface area contributed by atoms with E-state index in [9.17, 15) is 9.59 Å². The van der Waals surface area contributed by atoms with E-state index in [0.29, 0.717) is 32.4 Å². The van der Waals surface area contributed by atoms with Crippen LogP contribution in [0.3, 0.4) is 0 Å². The van der Waals surface area contributed by atoms with Gasteiger partial charge in [-0.05, 0) is 25.0 Å². The lowest BCUT2D eigenvalue weighted by Gasteiger charge is -2.15. The van der Waals surface area contributed by atoms with Gasteiger partial charge in [-0.25, -0.2) is 0 Å². The van der Waals surface area contributed by atoms with E-state index in [1.54, 1.807) is 11.1 Å². The third-order valence-corrected chi connectivity index (χ3v) is 3.40. The summed E-state index contributed by atoms with van der Waals surface area (Å²) in [6, 6.07) is 5.68. The van der Waals surface area contributed by atoms with Crippen LogP contribution in [-0.4, -0.2) is 42.0 Å². The number of ether oxygens (including phenoxy) is 1. The maximum Gasteiger partial charge on any atom is 0.310 e. The molecule has 102 valence electrons. The second-order valence-corrected chi connectivity index (χ2v) is 4.67. The van der Waals surface area contributed by atoms with Gasteiger partial charge in [-0.2, -0.15) is 0 Å². The van der Waals surface area contributed by atoms with Gasteiger partial charge in [-0.15, -0.1) is 0 Å². The third kappa shape index (κ3) is 3.53. The van der Waals surface area contributed by atoms with Crippen LogP contribution in [0.15, 0.2) is 24.4 Å². The lowest BCUT2D eigenvalue weighted by molar-refractivity contribution is -0.145. The van der Waals surface area contributed by atoms with Crippen molar-refractivity contribution in [3.05, 3.63) is 30.1 Å². The molecule has 0 spiro atoms. The number of carbonyl (C=O) groups excluding carboxylic acids is 2. The van der Waals surface area contributed by atoms with Crippen LogP contribution in [0.25, 0.3) is 0 Å². The second kappa shape index (κ2) is 6.31. The molecule has 1 unspecified atom stereocenters. The van der Waals surface area contributed by atoms with Crippen LogP contribution in [0.5, 0.6) is 0 Å². The van der Waals surface area contributed by atoms with Crippen LogP contribution < -0.4 is 0 Å². The second-order valence-electron chi connectivity index (χ2n) is 4.67. The minimum atomic E-state index is -0.222. The zero-order valence-electron chi connectivity index (χ0n) is 11.0. The Labute approximate surface area is 112 Å². The Balaban J connectivity index is 1.80. The van der Waals surface area contributed by atoms with Crippen LogP contribution >= 0.6 is 0 Å². The van der Waals surface area contributed by atoms with Gasteiger partial charge in [-0.3, -0.25) is 14.6 Å². The van der Waals surface area contributed by atoms with Gasteiger partial charge in [0.15, 0.2) is 0 Å². The summed E-state index contributed by atoms with van der Waals surface area (Å²) >= 11 is 0. The van der Waals surface area contributed by atoms with E-state index < -0.39 is 0 Å². The monoisotopic (exact) mass is 262 g/mol. The Morgan fingerprint density at radius 2 is 2.32 bits per heavy atom. The first-order valence-electron chi connectivity index (χ1n) is 6.46. The molecule has 1 aliphatic rings. The molecule has 0 radical (unpaired) electrons. The van der Waals surface area contributed by atoms with Crippen molar-refractivity contribution in [2.45, 2.75) is 19.3 Å². The Hall–Kier alpha value is -1.91. The molecule has 5 nitrogen and oxygen atoms in total. The van der Waals surface area contributed by atoms with Crippen LogP contribution in [0, 0.1) is 5.92 Å². The average Bonchev–Trinajstić information content (AvgIpc) is 2.95. The molecule has 0 aromatic carbocycles. The highest BCUT2D eigenvalue weighted by Gasteiger charge is 2.31. The van der Waals surface area contributed by atoms with Crippen molar-refractivity contribution < 1.29 is 14.3 Å². The predicted octanol–water partition coefficient (Wildman–Crippen LogP) is 1.04. The number of amides is 1. The molecule has 2 heterocycles. The lowest BCUT2D eigenvalue weighted by Crippen LogP contribution is -2.30. The number of methoxy groups -OCH3 is 1. The quantitative estimate of drug-likeness (QED) is 0.761. The van der Waals surface area contributed by atoms with Crippen LogP contribution in [0.4, 0.5) is 0 Å². The van der Waals surface area contributed by atoms with Crippen molar-refractivity contribution in [3.8, 4) is 0 Å². The Morgan fingerprint density at radius 1 is 1.47 bits per heavy atom. The smallest absolute Gasteiger partial charge is 0.310 e. The Bertz CT molecular complexity index is 447. The van der Waals surface area contributed by atoms with Gasteiger partial charge in [0, 0.05) is 31.4 Å². The summed E-state index contributed by atoms with van der Waals surface area (Å²) in [5.41, 5.74) is 0.916. The number of pyridine rings is 1. The molecule has 1 saturated heterocycles. The fourth-order valence-electron chi connectivity index (χ4n) is 2.28. The van der Waals surface area contributed by atoms with Crippen molar-refractivity contribution in [1.82, 2.24) is 9.88 Å². The first kappa shape index (κ1) is 13.5. The lowest BCUT2D eigenvalue weighted by atomic mass is 10.1. The summed E-state index contributed by atoms with van der Waals surface area (Å²) in [7, 11) is 1.38. The van der Waals surface area contributed by atoms with Crippen LogP contribution in [-0.2, 0) is 20.7 Å². The van der Waals surface area contributed by atoms with Crippen molar-refractivity contribution in [1.29, 1.82) is 0 Å². The first-order valence-corrected chi connectivity index (χ1v) is 6.46. The molecular formula is C14H18N2O3. The average molecular weight is 262 g/mol. The van der Waals surface area contributed by atoms with Crippen LogP contribution in [0.2, 0.25) is 0 Å². The van der Waals surface area contributed by atoms with Crippen LogP contribution in [0.1, 0.15) is 18.5 Å². The summed E-state index contributed by atoms with van der Waals surface area (Å²) in [6.07, 6.45) is 3.49. The van der Waals surface area contributed by atoms with Gasteiger partial charge in [0.2, 0.25) is 5.91 Å². The van der Waals surface area contributed by atoms with Gasteiger partial charge in [0.1, 0.15) is 0 Å². The Morgan fingerprint density at radius 3 is 3.00 bits per heavy atom. The largest absolute Gasteiger partial charge is 0.469 e. The minimum Gasteiger partial charge on any atom is -0.469 e. The summed E-state index contributed by atoms with van der Waals surface area (Å²) in [4.78, 5) is 29.3. The number of hydrogen-bond acceptors (Lipinski definition) is 4. The number of likely N-dealkylation sites (tertiary alicyclic amines) is 1. The number of esters is 1. The topological polar surface area (TPSA) is 59.5 Å². The number of aromatic nitrogens is 1. The van der Waals surface area contributed by atoms with E-state index in [1.807, 2.05) is 18.2 Å². The molecule has 0 N–H and O–H groups in total. The van der Waals surface area contributed by atoms with E-state index in [4.69, 9.17) is 4.74 Å². The highest BCUT2D eigenvalue weighted by atomic mass is 16.5. The maximum absolute atomic E-state index is 12.0. The number of nitrogens with zero attached hydrogens (tertiary/aromatic N) is 2. The molecule has 1 aliphatic heterocycles.